The Morgan fingerprint density at radius 2 is 2.11 bits per heavy atom. The number of carbonyl (C=O) groups is 2. The molecule has 1 fully saturated rings. The maximum Gasteiger partial charge on any atom is 0.344 e. The molecule has 2 heterocycles. The minimum absolute atomic E-state index is 0.0948. The molecule has 144 valence electrons. The maximum absolute atomic E-state index is 12.7. The molecule has 2 amide bonds. The Balaban J connectivity index is 1.61. The molecule has 2 N–H and O–H groups in total. The highest BCUT2D eigenvalue weighted by molar-refractivity contribution is 5.91. The van der Waals surface area contributed by atoms with Gasteiger partial charge < -0.3 is 10.6 Å². The average molecular weight is 369 g/mol. The van der Waals surface area contributed by atoms with Crippen molar-refractivity contribution in [2.75, 3.05) is 13.6 Å². The minimum atomic E-state index is -0.633. The predicted octanol–water partition coefficient (Wildman–Crippen LogP) is 2.24. The summed E-state index contributed by atoms with van der Waals surface area (Å²) in [4.78, 5) is 28.1. The Hall–Kier alpha value is -2.67. The minimum Gasteiger partial charge on any atom is -0.364 e. The van der Waals surface area contributed by atoms with E-state index in [2.05, 4.69) is 55.2 Å². The van der Waals surface area contributed by atoms with Crippen LogP contribution in [0.15, 0.2) is 36.5 Å². The van der Waals surface area contributed by atoms with E-state index in [0.29, 0.717) is 12.6 Å². The van der Waals surface area contributed by atoms with Crippen LogP contribution in [0.1, 0.15) is 41.4 Å². The van der Waals surface area contributed by atoms with Crippen molar-refractivity contribution in [3.8, 4) is 0 Å². The molecule has 0 radical (unpaired) electrons. The number of aromatic nitrogens is 2. The third-order valence-corrected chi connectivity index (χ3v) is 5.27. The largest absolute Gasteiger partial charge is 0.364 e. The molecule has 3 rings (SSSR count). The maximum atomic E-state index is 12.7. The van der Waals surface area contributed by atoms with Gasteiger partial charge in [-0.15, -0.1) is 0 Å². The fourth-order valence-corrected chi connectivity index (χ4v) is 3.75. The highest BCUT2D eigenvalue weighted by Gasteiger charge is 2.31. The number of hydrogen-bond acceptors (Lipinski definition) is 4. The molecule has 2 atom stereocenters. The summed E-state index contributed by atoms with van der Waals surface area (Å²) in [6.07, 6.45) is 3.30. The van der Waals surface area contributed by atoms with Gasteiger partial charge >= 0.3 is 6.03 Å². The zero-order chi connectivity index (χ0) is 19.6. The Kier molecular flexibility index (Phi) is 5.60. The Morgan fingerprint density at radius 1 is 1.33 bits per heavy atom. The molecule has 2 aromatic rings. The molecule has 1 aliphatic rings. The lowest BCUT2D eigenvalue weighted by Crippen LogP contribution is -2.51. The lowest BCUT2D eigenvalue weighted by atomic mass is 9.97. The lowest BCUT2D eigenvalue weighted by Gasteiger charge is -2.40. The van der Waals surface area contributed by atoms with Gasteiger partial charge in [-0.1, -0.05) is 29.8 Å². The number of amides is 2. The topological polar surface area (TPSA) is 84.5 Å². The quantitative estimate of drug-likeness (QED) is 0.896. The summed E-state index contributed by atoms with van der Waals surface area (Å²) in [5.41, 5.74) is 7.89. The van der Waals surface area contributed by atoms with E-state index in [1.165, 1.54) is 28.1 Å². The van der Waals surface area contributed by atoms with Gasteiger partial charge in [-0.2, -0.15) is 9.78 Å². The van der Waals surface area contributed by atoms with E-state index in [9.17, 15) is 9.59 Å². The first kappa shape index (κ1) is 19.1. The number of nitrogens with two attached hydrogens (primary N) is 1. The van der Waals surface area contributed by atoms with Crippen LogP contribution in [0, 0.1) is 6.92 Å². The fraction of sp³-hybridized carbons (Fsp3) is 0.450. The first-order valence-corrected chi connectivity index (χ1v) is 9.27. The third kappa shape index (κ3) is 4.36. The van der Waals surface area contributed by atoms with Gasteiger partial charge in [0, 0.05) is 31.4 Å². The zero-order valence-corrected chi connectivity index (χ0v) is 16.1. The summed E-state index contributed by atoms with van der Waals surface area (Å²) in [6.45, 7) is 5.72. The Bertz CT molecular complexity index is 831. The van der Waals surface area contributed by atoms with Crippen molar-refractivity contribution in [1.82, 2.24) is 19.6 Å². The van der Waals surface area contributed by atoms with Crippen molar-refractivity contribution in [1.29, 1.82) is 0 Å². The molecule has 1 aliphatic heterocycles. The smallest absolute Gasteiger partial charge is 0.344 e. The van der Waals surface area contributed by atoms with Crippen LogP contribution in [0.5, 0.6) is 0 Å². The van der Waals surface area contributed by atoms with Crippen LogP contribution in [0.25, 0.3) is 0 Å². The summed E-state index contributed by atoms with van der Waals surface area (Å²) in [6, 6.07) is 10.3. The predicted molar refractivity (Wildman–Crippen MR) is 103 cm³/mol. The highest BCUT2D eigenvalue weighted by atomic mass is 16.2. The van der Waals surface area contributed by atoms with Crippen LogP contribution >= 0.6 is 0 Å². The van der Waals surface area contributed by atoms with Crippen molar-refractivity contribution in [2.24, 2.45) is 5.73 Å². The van der Waals surface area contributed by atoms with Crippen LogP contribution in [0.4, 0.5) is 4.79 Å². The molecular weight excluding hydrogens is 342 g/mol. The molecule has 27 heavy (non-hydrogen) atoms. The first-order valence-electron chi connectivity index (χ1n) is 9.27. The number of nitrogens with zero attached hydrogens (tertiary/aromatic N) is 4. The number of carbonyl (C=O) groups excluding carboxylic acids is 2. The number of primary amides is 1. The van der Waals surface area contributed by atoms with Crippen molar-refractivity contribution in [3.63, 3.8) is 0 Å². The van der Waals surface area contributed by atoms with Gasteiger partial charge in [0.25, 0.3) is 5.91 Å². The van der Waals surface area contributed by atoms with Crippen LogP contribution in [0.2, 0.25) is 0 Å². The van der Waals surface area contributed by atoms with E-state index in [1.807, 2.05) is 4.90 Å². The second-order valence-electron chi connectivity index (χ2n) is 7.42. The van der Waals surface area contributed by atoms with Gasteiger partial charge in [-0.25, -0.2) is 4.79 Å². The molecule has 1 aromatic heterocycles. The summed E-state index contributed by atoms with van der Waals surface area (Å²) in [7, 11) is 2.14. The second kappa shape index (κ2) is 7.92. The van der Waals surface area contributed by atoms with Crippen LogP contribution in [-0.4, -0.2) is 57.2 Å². The number of hydrogen-bond donors (Lipinski definition) is 1. The zero-order valence-electron chi connectivity index (χ0n) is 16.1. The van der Waals surface area contributed by atoms with Crippen molar-refractivity contribution < 1.29 is 9.59 Å². The molecule has 7 nitrogen and oxygen atoms in total. The highest BCUT2D eigenvalue weighted by Crippen LogP contribution is 2.23. The summed E-state index contributed by atoms with van der Waals surface area (Å²) in [5.74, 6) is -0.633. The molecule has 1 saturated heterocycles. The van der Waals surface area contributed by atoms with Crippen LogP contribution in [0.3, 0.4) is 0 Å². The van der Waals surface area contributed by atoms with E-state index in [-0.39, 0.29) is 17.8 Å². The first-order chi connectivity index (χ1) is 12.8. The summed E-state index contributed by atoms with van der Waals surface area (Å²) >= 11 is 0. The van der Waals surface area contributed by atoms with Gasteiger partial charge in [0.1, 0.15) is 0 Å². The molecule has 1 aromatic carbocycles. The summed E-state index contributed by atoms with van der Waals surface area (Å²) < 4.78 is 1.20. The number of rotatable bonds is 4. The van der Waals surface area contributed by atoms with E-state index in [1.54, 1.807) is 0 Å². The van der Waals surface area contributed by atoms with Crippen molar-refractivity contribution in [2.45, 2.75) is 45.3 Å². The lowest BCUT2D eigenvalue weighted by molar-refractivity contribution is 0.0972. The van der Waals surface area contributed by atoms with E-state index >= 15 is 0 Å². The second-order valence-corrected chi connectivity index (χ2v) is 7.42. The molecule has 7 heteroatoms. The molecule has 0 spiro atoms. The van der Waals surface area contributed by atoms with E-state index in [0.717, 1.165) is 19.4 Å². The van der Waals surface area contributed by atoms with Gasteiger partial charge in [0.2, 0.25) is 0 Å². The summed E-state index contributed by atoms with van der Waals surface area (Å²) in [5, 5.41) is 3.98. The molecular formula is C20H27N5O2. The molecule has 0 saturated carbocycles. The van der Waals surface area contributed by atoms with Gasteiger partial charge in [-0.05, 0) is 45.4 Å². The van der Waals surface area contributed by atoms with Gasteiger partial charge in [-0.3, -0.25) is 9.69 Å². The molecule has 0 aliphatic carbocycles. The van der Waals surface area contributed by atoms with E-state index < -0.39 is 5.91 Å². The molecule has 0 unspecified atom stereocenters. The average Bonchev–Trinajstić information content (AvgIpc) is 3.11. The third-order valence-electron chi connectivity index (χ3n) is 5.27. The normalized spacial score (nSPS) is 20.1. The molecule has 0 bridgehead atoms. The number of likely N-dealkylation sites (tertiary alicyclic amines) is 1. The van der Waals surface area contributed by atoms with Gasteiger partial charge in [0.15, 0.2) is 5.69 Å². The van der Waals surface area contributed by atoms with Crippen LogP contribution < -0.4 is 5.73 Å². The number of piperidine rings is 1. The Morgan fingerprint density at radius 3 is 2.74 bits per heavy atom. The standard InChI is InChI=1S/C20H27N5O2/c1-14-5-4-6-16(11-14)13-23(3)17-7-9-24(15(2)12-17)20(27)25-10-8-18(22-25)19(21)26/h4-6,8,10-11,15,17H,7,9,12-13H2,1-3H3,(H2,21,26)/t15-,17+/m1/s1. The van der Waals surface area contributed by atoms with Gasteiger partial charge in [0.05, 0.1) is 0 Å². The van der Waals surface area contributed by atoms with Crippen LogP contribution in [-0.2, 0) is 6.54 Å². The monoisotopic (exact) mass is 369 g/mol. The van der Waals surface area contributed by atoms with Crippen molar-refractivity contribution >= 4 is 11.9 Å². The van der Waals surface area contributed by atoms with Crippen molar-refractivity contribution in [3.05, 3.63) is 53.3 Å². The Labute approximate surface area is 159 Å². The SMILES string of the molecule is Cc1cccc(CN(C)[C@H]2CCN(C(=O)n3ccc(C(N)=O)n3)[C@H](C)C2)c1. The number of aryl methyl sites for hydroxylation is 1. The fourth-order valence-electron chi connectivity index (χ4n) is 3.75. The number of benzene rings is 1. The van der Waals surface area contributed by atoms with E-state index in [4.69, 9.17) is 5.73 Å².